The summed E-state index contributed by atoms with van der Waals surface area (Å²) in [5, 5.41) is 3.45. The molecule has 0 radical (unpaired) electrons. The van der Waals surface area contributed by atoms with Gasteiger partial charge in [0, 0.05) is 51.4 Å². The van der Waals surface area contributed by atoms with E-state index in [1.165, 1.54) is 5.56 Å². The van der Waals surface area contributed by atoms with Crippen LogP contribution in [0.15, 0.2) is 53.7 Å². The summed E-state index contributed by atoms with van der Waals surface area (Å²) < 4.78 is 0. The van der Waals surface area contributed by atoms with Crippen molar-refractivity contribution in [3.63, 3.8) is 0 Å². The Labute approximate surface area is 172 Å². The summed E-state index contributed by atoms with van der Waals surface area (Å²) in [5.41, 5.74) is 7.74. The molecule has 154 valence electrons. The van der Waals surface area contributed by atoms with E-state index in [1.54, 1.807) is 0 Å². The van der Waals surface area contributed by atoms with Gasteiger partial charge >= 0.3 is 0 Å². The lowest BCUT2D eigenvalue weighted by Gasteiger charge is -2.32. The van der Waals surface area contributed by atoms with Crippen LogP contribution in [-0.4, -0.2) is 48.9 Å². The van der Waals surface area contributed by atoms with Crippen LogP contribution in [0.5, 0.6) is 0 Å². The minimum atomic E-state index is -0.196. The molecule has 1 aromatic heterocycles. The molecule has 0 aliphatic carbocycles. The number of nitrogens with one attached hydrogen (secondary N) is 1. The van der Waals surface area contributed by atoms with Gasteiger partial charge in [0.2, 0.25) is 5.91 Å². The van der Waals surface area contributed by atoms with Crippen LogP contribution in [0, 0.1) is 5.92 Å². The van der Waals surface area contributed by atoms with E-state index in [0.717, 1.165) is 43.3 Å². The van der Waals surface area contributed by atoms with Gasteiger partial charge in [0.05, 0.1) is 6.54 Å². The molecule has 1 saturated heterocycles. The molecule has 1 aromatic carbocycles. The van der Waals surface area contributed by atoms with E-state index in [-0.39, 0.29) is 11.8 Å². The van der Waals surface area contributed by atoms with Crippen molar-refractivity contribution in [2.24, 2.45) is 16.6 Å². The number of anilines is 1. The molecule has 29 heavy (non-hydrogen) atoms. The minimum absolute atomic E-state index is 0.0259. The van der Waals surface area contributed by atoms with Crippen molar-refractivity contribution in [2.45, 2.75) is 25.9 Å². The van der Waals surface area contributed by atoms with Crippen LogP contribution in [0.4, 0.5) is 5.82 Å². The molecule has 1 amide bonds. The van der Waals surface area contributed by atoms with Crippen molar-refractivity contribution in [2.75, 3.05) is 32.1 Å². The summed E-state index contributed by atoms with van der Waals surface area (Å²) in [6, 6.07) is 14.2. The average molecular weight is 395 g/mol. The summed E-state index contributed by atoms with van der Waals surface area (Å²) >= 11 is 0. The number of aliphatic imine (C=N–C) groups is 1. The Morgan fingerprint density at radius 2 is 1.93 bits per heavy atom. The highest BCUT2D eigenvalue weighted by Crippen LogP contribution is 2.24. The molecule has 7 nitrogen and oxygen atoms in total. The van der Waals surface area contributed by atoms with E-state index in [2.05, 4.69) is 33.4 Å². The van der Waals surface area contributed by atoms with Crippen LogP contribution in [-0.2, 0) is 17.9 Å². The van der Waals surface area contributed by atoms with E-state index in [1.807, 2.05) is 49.5 Å². The van der Waals surface area contributed by atoms with Crippen molar-refractivity contribution < 1.29 is 4.79 Å². The number of guanidine groups is 1. The largest absolute Gasteiger partial charge is 0.369 e. The maximum absolute atomic E-state index is 11.4. The summed E-state index contributed by atoms with van der Waals surface area (Å²) in [4.78, 5) is 25.0. The number of aromatic nitrogens is 1. The lowest BCUT2D eigenvalue weighted by molar-refractivity contribution is -0.122. The highest BCUT2D eigenvalue weighted by molar-refractivity contribution is 5.79. The summed E-state index contributed by atoms with van der Waals surface area (Å²) in [5.74, 6) is 1.57. The average Bonchev–Trinajstić information content (AvgIpc) is 2.74. The summed E-state index contributed by atoms with van der Waals surface area (Å²) in [6.45, 7) is 2.84. The van der Waals surface area contributed by atoms with Crippen molar-refractivity contribution in [1.29, 1.82) is 0 Å². The van der Waals surface area contributed by atoms with Gasteiger partial charge in [-0.25, -0.2) is 9.98 Å². The fraction of sp³-hybridized carbons (Fsp3) is 0.409. The van der Waals surface area contributed by atoms with Crippen LogP contribution in [0.3, 0.4) is 0 Å². The summed E-state index contributed by atoms with van der Waals surface area (Å²) in [7, 11) is 3.96. The lowest BCUT2D eigenvalue weighted by Crippen LogP contribution is -2.40. The second kappa shape index (κ2) is 9.91. The van der Waals surface area contributed by atoms with Crippen molar-refractivity contribution in [3.8, 4) is 0 Å². The van der Waals surface area contributed by atoms with Gasteiger partial charge in [-0.3, -0.25) is 4.79 Å². The van der Waals surface area contributed by atoms with Crippen molar-refractivity contribution in [1.82, 2.24) is 15.2 Å². The highest BCUT2D eigenvalue weighted by atomic mass is 16.1. The van der Waals surface area contributed by atoms with Gasteiger partial charge in [-0.2, -0.15) is 0 Å². The van der Waals surface area contributed by atoms with Gasteiger partial charge in [-0.1, -0.05) is 36.4 Å². The fourth-order valence-electron chi connectivity index (χ4n) is 3.51. The van der Waals surface area contributed by atoms with E-state index in [4.69, 9.17) is 10.7 Å². The van der Waals surface area contributed by atoms with Crippen LogP contribution in [0.2, 0.25) is 0 Å². The number of primary amides is 1. The number of piperidine rings is 1. The Kier molecular flexibility index (Phi) is 7.05. The van der Waals surface area contributed by atoms with Crippen LogP contribution in [0.25, 0.3) is 0 Å². The van der Waals surface area contributed by atoms with Gasteiger partial charge < -0.3 is 20.9 Å². The number of nitrogens with two attached hydrogens (primary N) is 1. The third-order valence-electron chi connectivity index (χ3n) is 5.18. The predicted octanol–water partition coefficient (Wildman–Crippen LogP) is 1.99. The maximum Gasteiger partial charge on any atom is 0.220 e. The van der Waals surface area contributed by atoms with E-state index < -0.39 is 0 Å². The lowest BCUT2D eigenvalue weighted by atomic mass is 9.96. The number of hydrogen-bond donors (Lipinski definition) is 2. The number of hydrogen-bond acceptors (Lipinski definition) is 4. The molecule has 2 aromatic rings. The van der Waals surface area contributed by atoms with E-state index >= 15 is 0 Å². The Morgan fingerprint density at radius 1 is 1.21 bits per heavy atom. The van der Waals surface area contributed by atoms with Gasteiger partial charge in [0.15, 0.2) is 5.96 Å². The Hall–Kier alpha value is -3.09. The number of amides is 1. The highest BCUT2D eigenvalue weighted by Gasteiger charge is 2.25. The van der Waals surface area contributed by atoms with Gasteiger partial charge in [0.25, 0.3) is 0 Å². The van der Waals surface area contributed by atoms with E-state index in [0.29, 0.717) is 13.1 Å². The van der Waals surface area contributed by atoms with Gasteiger partial charge in [0.1, 0.15) is 5.82 Å². The molecule has 2 heterocycles. The molecule has 3 rings (SSSR count). The Morgan fingerprint density at radius 3 is 2.59 bits per heavy atom. The van der Waals surface area contributed by atoms with Crippen molar-refractivity contribution >= 4 is 17.7 Å². The molecular weight excluding hydrogens is 364 g/mol. The molecule has 1 fully saturated rings. The summed E-state index contributed by atoms with van der Waals surface area (Å²) in [6.07, 6.45) is 3.37. The minimum Gasteiger partial charge on any atom is -0.369 e. The maximum atomic E-state index is 11.4. The zero-order valence-electron chi connectivity index (χ0n) is 17.2. The van der Waals surface area contributed by atoms with Crippen LogP contribution >= 0.6 is 0 Å². The first-order valence-corrected chi connectivity index (χ1v) is 10.0. The number of benzene rings is 1. The van der Waals surface area contributed by atoms with Crippen LogP contribution < -0.4 is 16.0 Å². The molecule has 7 heteroatoms. The number of pyridine rings is 1. The monoisotopic (exact) mass is 394 g/mol. The zero-order valence-corrected chi connectivity index (χ0v) is 17.2. The van der Waals surface area contributed by atoms with Gasteiger partial charge in [-0.05, 0) is 24.5 Å². The van der Waals surface area contributed by atoms with Gasteiger partial charge in [-0.15, -0.1) is 0 Å². The topological polar surface area (TPSA) is 86.8 Å². The number of nitrogens with zero attached hydrogens (tertiary/aromatic N) is 4. The SMILES string of the molecule is CN(C)C(=NCc1ccccc1)NCc1cccnc1N1CCC(C(N)=O)CC1. The molecule has 0 bridgehead atoms. The quantitative estimate of drug-likeness (QED) is 0.578. The normalized spacial score (nSPS) is 15.2. The van der Waals surface area contributed by atoms with E-state index in [9.17, 15) is 4.79 Å². The molecule has 0 spiro atoms. The predicted molar refractivity (Wildman–Crippen MR) is 116 cm³/mol. The Balaban J connectivity index is 1.66. The smallest absolute Gasteiger partial charge is 0.220 e. The zero-order chi connectivity index (χ0) is 20.6. The number of rotatable bonds is 6. The molecule has 1 aliphatic heterocycles. The second-order valence-corrected chi connectivity index (χ2v) is 7.52. The first kappa shape index (κ1) is 20.6. The first-order valence-electron chi connectivity index (χ1n) is 10.0. The molecule has 1 aliphatic rings. The Bertz CT molecular complexity index is 828. The molecule has 0 unspecified atom stereocenters. The van der Waals surface area contributed by atoms with Crippen molar-refractivity contribution in [3.05, 3.63) is 59.8 Å². The first-order chi connectivity index (χ1) is 14.0. The third kappa shape index (κ3) is 5.70. The second-order valence-electron chi connectivity index (χ2n) is 7.52. The molecule has 3 N–H and O–H groups in total. The molecule has 0 atom stereocenters. The standard InChI is InChI=1S/C22H30N6O/c1-27(2)22(25-15-17-7-4-3-5-8-17)26-16-19-9-6-12-24-21(19)28-13-10-18(11-14-28)20(23)29/h3-9,12,18H,10-11,13-16H2,1-2H3,(H2,23,29)(H,25,26). The molecule has 0 saturated carbocycles. The van der Waals surface area contributed by atoms with Crippen LogP contribution in [0.1, 0.15) is 24.0 Å². The third-order valence-corrected chi connectivity index (χ3v) is 5.18. The molecular formula is C22H30N6O. The number of carbonyl (C=O) groups excluding carboxylic acids is 1. The fourth-order valence-corrected chi connectivity index (χ4v) is 3.51. The number of carbonyl (C=O) groups is 1.